The standard InChI is InChI=1S/C23H21ClN4O4S/c1-3-7-19(29)27-16-9-6-5-8-13(16)20-21(30)25-23(33-4-2)26-28(20)22(27)14-10-17-18(11-15(14)24)32-12-31-17/h5-6,8-11,22H,3-4,7,12H2,1-2H3/p+1. The van der Waals surface area contributed by atoms with Crippen LogP contribution in [0.4, 0.5) is 5.69 Å². The van der Waals surface area contributed by atoms with Gasteiger partial charge in [-0.15, -0.1) is 0 Å². The number of aromatic nitrogens is 3. The fraction of sp³-hybridized carbons (Fsp3) is 0.304. The van der Waals surface area contributed by atoms with Gasteiger partial charge < -0.3 is 9.47 Å². The van der Waals surface area contributed by atoms with Crippen molar-refractivity contribution < 1.29 is 19.0 Å². The SMILES string of the molecule is CCCC(=O)N1c2ccccc2-c2c(=O)[nH]c(SCC)n[n+]2C1c1cc2c(cc1Cl)OCO2. The molecule has 1 aromatic heterocycles. The number of ether oxygens (including phenoxy) is 2. The van der Waals surface area contributed by atoms with E-state index in [-0.39, 0.29) is 18.3 Å². The maximum Gasteiger partial charge on any atom is 0.325 e. The second-order valence-electron chi connectivity index (χ2n) is 7.62. The van der Waals surface area contributed by atoms with Crippen molar-refractivity contribution in [1.82, 2.24) is 10.1 Å². The van der Waals surface area contributed by atoms with Crippen LogP contribution < -0.4 is 24.6 Å². The number of nitrogens with one attached hydrogen (secondary N) is 1. The lowest BCUT2D eigenvalue weighted by Gasteiger charge is -2.32. The summed E-state index contributed by atoms with van der Waals surface area (Å²) >= 11 is 8.13. The number of aromatic amines is 1. The van der Waals surface area contributed by atoms with Gasteiger partial charge >= 0.3 is 11.3 Å². The number of thioether (sulfide) groups is 1. The van der Waals surface area contributed by atoms with E-state index in [4.69, 9.17) is 26.2 Å². The number of carbonyl (C=O) groups is 1. The molecular weight excluding hydrogens is 464 g/mol. The lowest BCUT2D eigenvalue weighted by molar-refractivity contribution is -0.763. The fourth-order valence-electron chi connectivity index (χ4n) is 4.19. The summed E-state index contributed by atoms with van der Waals surface area (Å²) in [6.07, 6.45) is 0.244. The summed E-state index contributed by atoms with van der Waals surface area (Å²) in [5, 5.41) is 5.61. The minimum Gasteiger partial charge on any atom is -0.454 e. The van der Waals surface area contributed by atoms with Crippen LogP contribution >= 0.6 is 23.4 Å². The Labute approximate surface area is 199 Å². The first kappa shape index (κ1) is 21.8. The van der Waals surface area contributed by atoms with Crippen LogP contribution in [0.1, 0.15) is 38.4 Å². The van der Waals surface area contributed by atoms with Crippen LogP contribution in [0.2, 0.25) is 5.02 Å². The van der Waals surface area contributed by atoms with Crippen molar-refractivity contribution in [3.05, 3.63) is 57.3 Å². The van der Waals surface area contributed by atoms with E-state index in [2.05, 4.69) is 4.98 Å². The summed E-state index contributed by atoms with van der Waals surface area (Å²) < 4.78 is 12.7. The third kappa shape index (κ3) is 3.65. The summed E-state index contributed by atoms with van der Waals surface area (Å²) in [5.41, 5.74) is 1.95. The number of carbonyl (C=O) groups excluding carboxylic acids is 1. The average Bonchev–Trinajstić information content (AvgIpc) is 3.25. The van der Waals surface area contributed by atoms with E-state index in [1.165, 1.54) is 11.8 Å². The number of rotatable bonds is 5. The molecule has 0 spiro atoms. The molecule has 1 amide bonds. The Morgan fingerprint density at radius 2 is 2.03 bits per heavy atom. The Morgan fingerprint density at radius 3 is 2.79 bits per heavy atom. The highest BCUT2D eigenvalue weighted by atomic mass is 35.5. The van der Waals surface area contributed by atoms with Crippen LogP contribution in [0.5, 0.6) is 11.5 Å². The first-order valence-corrected chi connectivity index (χ1v) is 12.1. The molecule has 2 aliphatic heterocycles. The van der Waals surface area contributed by atoms with Crippen LogP contribution in [0.25, 0.3) is 11.3 Å². The number of hydrogen-bond donors (Lipinski definition) is 1. The Kier molecular flexibility index (Phi) is 5.76. The smallest absolute Gasteiger partial charge is 0.325 e. The Hall–Kier alpha value is -3.04. The maximum absolute atomic E-state index is 13.5. The van der Waals surface area contributed by atoms with Crippen molar-refractivity contribution in [3.8, 4) is 22.8 Å². The molecule has 2 aromatic carbocycles. The second kappa shape index (κ2) is 8.72. The summed E-state index contributed by atoms with van der Waals surface area (Å²) in [7, 11) is 0. The molecule has 33 heavy (non-hydrogen) atoms. The van der Waals surface area contributed by atoms with Crippen molar-refractivity contribution in [2.45, 2.75) is 38.0 Å². The van der Waals surface area contributed by atoms with Gasteiger partial charge in [-0.05, 0) is 35.1 Å². The molecule has 0 saturated carbocycles. The third-order valence-corrected chi connectivity index (χ3v) is 6.61. The predicted octanol–water partition coefficient (Wildman–Crippen LogP) is 3.91. The first-order chi connectivity index (χ1) is 16.0. The van der Waals surface area contributed by atoms with Crippen molar-refractivity contribution >= 4 is 35.0 Å². The van der Waals surface area contributed by atoms with Crippen molar-refractivity contribution in [2.24, 2.45) is 0 Å². The van der Waals surface area contributed by atoms with Gasteiger partial charge in [0.25, 0.3) is 6.17 Å². The summed E-state index contributed by atoms with van der Waals surface area (Å²) in [4.78, 5) is 31.3. The lowest BCUT2D eigenvalue weighted by Crippen LogP contribution is -2.61. The molecule has 10 heteroatoms. The van der Waals surface area contributed by atoms with Crippen LogP contribution in [-0.4, -0.2) is 28.5 Å². The van der Waals surface area contributed by atoms with Gasteiger partial charge in [-0.3, -0.25) is 14.6 Å². The van der Waals surface area contributed by atoms with Crippen LogP contribution in [-0.2, 0) is 4.79 Å². The van der Waals surface area contributed by atoms with E-state index < -0.39 is 6.17 Å². The number of anilines is 1. The predicted molar refractivity (Wildman–Crippen MR) is 125 cm³/mol. The van der Waals surface area contributed by atoms with E-state index in [0.29, 0.717) is 57.0 Å². The zero-order chi connectivity index (χ0) is 23.1. The van der Waals surface area contributed by atoms with E-state index in [1.807, 2.05) is 38.1 Å². The molecule has 0 radical (unpaired) electrons. The molecule has 8 nitrogen and oxygen atoms in total. The molecule has 1 atom stereocenters. The van der Waals surface area contributed by atoms with E-state index in [9.17, 15) is 9.59 Å². The molecule has 1 unspecified atom stereocenters. The summed E-state index contributed by atoms with van der Waals surface area (Å²) in [6, 6.07) is 10.8. The van der Waals surface area contributed by atoms with E-state index in [0.717, 1.165) is 5.75 Å². The normalized spacial score (nSPS) is 15.8. The second-order valence-corrected chi connectivity index (χ2v) is 9.28. The Balaban J connectivity index is 1.82. The van der Waals surface area contributed by atoms with Crippen LogP contribution in [0, 0.1) is 0 Å². The monoisotopic (exact) mass is 485 g/mol. The quantitative estimate of drug-likeness (QED) is 0.435. The highest BCUT2D eigenvalue weighted by Gasteiger charge is 2.46. The molecule has 0 aliphatic carbocycles. The molecule has 0 fully saturated rings. The number of nitrogens with zero attached hydrogens (tertiary/aromatic N) is 3. The number of fused-ring (bicyclic) bond motifs is 4. The molecule has 2 aliphatic rings. The van der Waals surface area contributed by atoms with E-state index in [1.54, 1.807) is 21.7 Å². The Morgan fingerprint density at radius 1 is 1.27 bits per heavy atom. The number of H-pyrrole nitrogens is 1. The molecule has 5 rings (SSSR count). The molecule has 3 heterocycles. The molecule has 0 bridgehead atoms. The lowest BCUT2D eigenvalue weighted by atomic mass is 10.0. The average molecular weight is 486 g/mol. The van der Waals surface area contributed by atoms with Gasteiger partial charge in [0.15, 0.2) is 11.5 Å². The molecule has 1 N–H and O–H groups in total. The van der Waals surface area contributed by atoms with Crippen molar-refractivity contribution in [1.29, 1.82) is 0 Å². The van der Waals surface area contributed by atoms with Crippen LogP contribution in [0.15, 0.2) is 46.3 Å². The zero-order valence-corrected chi connectivity index (χ0v) is 19.7. The summed E-state index contributed by atoms with van der Waals surface area (Å²) in [5.74, 6) is 1.71. The number of hydrogen-bond acceptors (Lipinski definition) is 6. The van der Waals surface area contributed by atoms with Crippen molar-refractivity contribution in [2.75, 3.05) is 17.4 Å². The van der Waals surface area contributed by atoms with Crippen LogP contribution in [0.3, 0.4) is 0 Å². The van der Waals surface area contributed by atoms with Gasteiger partial charge in [0.2, 0.25) is 17.9 Å². The molecule has 170 valence electrons. The van der Waals surface area contributed by atoms with Gasteiger partial charge in [-0.2, -0.15) is 0 Å². The highest BCUT2D eigenvalue weighted by Crippen LogP contribution is 2.43. The molecule has 3 aromatic rings. The topological polar surface area (TPSA) is 88.4 Å². The Bertz CT molecular complexity index is 1310. The molecular formula is C23H22ClN4O4S+. The van der Waals surface area contributed by atoms with Gasteiger partial charge in [0.05, 0.1) is 21.8 Å². The number of para-hydroxylation sites is 1. The third-order valence-electron chi connectivity index (χ3n) is 5.54. The minimum absolute atomic E-state index is 0.0893. The maximum atomic E-state index is 13.5. The minimum atomic E-state index is -0.769. The fourth-order valence-corrected chi connectivity index (χ4v) is 5.02. The number of benzene rings is 2. The van der Waals surface area contributed by atoms with Gasteiger partial charge in [0, 0.05) is 17.6 Å². The van der Waals surface area contributed by atoms with Gasteiger partial charge in [-0.1, -0.05) is 49.3 Å². The highest BCUT2D eigenvalue weighted by molar-refractivity contribution is 7.99. The zero-order valence-electron chi connectivity index (χ0n) is 18.1. The van der Waals surface area contributed by atoms with Gasteiger partial charge in [-0.25, -0.2) is 4.90 Å². The molecule has 0 saturated heterocycles. The number of amides is 1. The van der Waals surface area contributed by atoms with E-state index >= 15 is 0 Å². The summed E-state index contributed by atoms with van der Waals surface area (Å²) in [6.45, 7) is 4.03. The number of halogens is 1. The van der Waals surface area contributed by atoms with Gasteiger partial charge in [0.1, 0.15) is 0 Å². The first-order valence-electron chi connectivity index (χ1n) is 10.7. The van der Waals surface area contributed by atoms with Crippen molar-refractivity contribution in [3.63, 3.8) is 0 Å². The largest absolute Gasteiger partial charge is 0.454 e.